The molecule has 1 rings (SSSR count). The summed E-state index contributed by atoms with van der Waals surface area (Å²) in [7, 11) is 0. The largest absolute Gasteiger partial charge is 0.478 e. The maximum atomic E-state index is 13.0. The first-order chi connectivity index (χ1) is 6.07. The Bertz CT molecular complexity index is 354. The van der Waals surface area contributed by atoms with Crippen molar-refractivity contribution in [2.75, 3.05) is 6.26 Å². The smallest absolute Gasteiger partial charge is 0.339 e. The second-order valence-corrected chi connectivity index (χ2v) is 4.17. The molecule has 0 aliphatic rings. The van der Waals surface area contributed by atoms with Crippen molar-refractivity contribution in [3.8, 4) is 0 Å². The van der Waals surface area contributed by atoms with Crippen LogP contribution in [0.1, 0.15) is 10.4 Å². The fourth-order valence-electron chi connectivity index (χ4n) is 0.887. The van der Waals surface area contributed by atoms with E-state index in [0.29, 0.717) is 3.57 Å². The molecular weight excluding hydrogens is 306 g/mol. The Labute approximate surface area is 92.7 Å². The van der Waals surface area contributed by atoms with Gasteiger partial charge in [-0.15, -0.1) is 11.8 Å². The van der Waals surface area contributed by atoms with E-state index in [0.717, 1.165) is 4.90 Å². The standard InChI is InChI=1S/C8H6FIO2S/c1-13-5-3-2-4(9)6(7(5)10)8(11)12/h2-3H,1H3,(H,11,12). The van der Waals surface area contributed by atoms with Crippen LogP contribution in [0, 0.1) is 9.39 Å². The zero-order chi connectivity index (χ0) is 10.0. The van der Waals surface area contributed by atoms with E-state index in [1.807, 2.05) is 28.8 Å². The molecule has 0 saturated carbocycles. The van der Waals surface area contributed by atoms with Gasteiger partial charge < -0.3 is 5.11 Å². The molecule has 0 amide bonds. The quantitative estimate of drug-likeness (QED) is 0.674. The summed E-state index contributed by atoms with van der Waals surface area (Å²) in [4.78, 5) is 11.4. The van der Waals surface area contributed by atoms with Crippen molar-refractivity contribution in [1.29, 1.82) is 0 Å². The highest BCUT2D eigenvalue weighted by molar-refractivity contribution is 14.1. The first-order valence-corrected chi connectivity index (χ1v) is 5.63. The van der Waals surface area contributed by atoms with Gasteiger partial charge in [0.1, 0.15) is 11.4 Å². The SMILES string of the molecule is CSc1ccc(F)c(C(=O)O)c1I. The van der Waals surface area contributed by atoms with E-state index in [1.165, 1.54) is 17.8 Å². The maximum absolute atomic E-state index is 13.0. The monoisotopic (exact) mass is 312 g/mol. The third-order valence-corrected chi connectivity index (χ3v) is 3.76. The number of rotatable bonds is 2. The number of thioether (sulfide) groups is 1. The number of hydrogen-bond acceptors (Lipinski definition) is 2. The number of aromatic carboxylic acids is 1. The van der Waals surface area contributed by atoms with Crippen LogP contribution in [0.2, 0.25) is 0 Å². The van der Waals surface area contributed by atoms with Gasteiger partial charge in [0, 0.05) is 8.47 Å². The highest BCUT2D eigenvalue weighted by atomic mass is 127. The lowest BCUT2D eigenvalue weighted by Crippen LogP contribution is -2.04. The number of carboxylic acids is 1. The molecule has 0 atom stereocenters. The van der Waals surface area contributed by atoms with Crippen molar-refractivity contribution in [2.24, 2.45) is 0 Å². The van der Waals surface area contributed by atoms with Crippen LogP contribution >= 0.6 is 34.4 Å². The van der Waals surface area contributed by atoms with E-state index < -0.39 is 11.8 Å². The molecule has 0 spiro atoms. The van der Waals surface area contributed by atoms with Gasteiger partial charge in [0.05, 0.1) is 0 Å². The van der Waals surface area contributed by atoms with Crippen LogP contribution in [0.3, 0.4) is 0 Å². The topological polar surface area (TPSA) is 37.3 Å². The van der Waals surface area contributed by atoms with Crippen molar-refractivity contribution in [3.05, 3.63) is 27.1 Å². The van der Waals surface area contributed by atoms with Crippen molar-refractivity contribution in [1.82, 2.24) is 0 Å². The zero-order valence-corrected chi connectivity index (χ0v) is 9.65. The van der Waals surface area contributed by atoms with Crippen LogP contribution in [-0.4, -0.2) is 17.3 Å². The molecule has 2 nitrogen and oxygen atoms in total. The molecule has 1 N–H and O–H groups in total. The number of benzene rings is 1. The lowest BCUT2D eigenvalue weighted by atomic mass is 10.2. The molecule has 0 aliphatic heterocycles. The molecule has 0 radical (unpaired) electrons. The number of hydrogen-bond donors (Lipinski definition) is 1. The van der Waals surface area contributed by atoms with Gasteiger partial charge in [-0.05, 0) is 41.0 Å². The van der Waals surface area contributed by atoms with Crippen LogP contribution in [0.15, 0.2) is 17.0 Å². The normalized spacial score (nSPS) is 10.1. The minimum absolute atomic E-state index is 0.243. The van der Waals surface area contributed by atoms with E-state index in [-0.39, 0.29) is 5.56 Å². The Balaban J connectivity index is 3.38. The molecule has 0 bridgehead atoms. The van der Waals surface area contributed by atoms with Crippen molar-refractivity contribution in [3.63, 3.8) is 0 Å². The summed E-state index contributed by atoms with van der Waals surface area (Å²) in [5.41, 5.74) is -0.243. The van der Waals surface area contributed by atoms with Gasteiger partial charge in [-0.2, -0.15) is 0 Å². The van der Waals surface area contributed by atoms with Crippen molar-refractivity contribution >= 4 is 40.3 Å². The molecule has 0 heterocycles. The van der Waals surface area contributed by atoms with Crippen molar-refractivity contribution in [2.45, 2.75) is 4.90 Å². The Morgan fingerprint density at radius 3 is 2.69 bits per heavy atom. The van der Waals surface area contributed by atoms with E-state index in [9.17, 15) is 9.18 Å². The molecule has 0 aromatic heterocycles. The molecule has 13 heavy (non-hydrogen) atoms. The van der Waals surface area contributed by atoms with Gasteiger partial charge in [-0.3, -0.25) is 0 Å². The van der Waals surface area contributed by atoms with Gasteiger partial charge in [0.2, 0.25) is 0 Å². The molecule has 5 heteroatoms. The summed E-state index contributed by atoms with van der Waals surface area (Å²) >= 11 is 3.24. The van der Waals surface area contributed by atoms with E-state index in [1.54, 1.807) is 6.07 Å². The fourth-order valence-corrected chi connectivity index (χ4v) is 2.70. The maximum Gasteiger partial charge on any atom is 0.339 e. The van der Waals surface area contributed by atoms with E-state index >= 15 is 0 Å². The van der Waals surface area contributed by atoms with Gasteiger partial charge in [0.15, 0.2) is 0 Å². The van der Waals surface area contributed by atoms with Crippen LogP contribution in [0.4, 0.5) is 4.39 Å². The zero-order valence-electron chi connectivity index (χ0n) is 6.67. The summed E-state index contributed by atoms with van der Waals surface area (Å²) in [5, 5.41) is 8.71. The first-order valence-electron chi connectivity index (χ1n) is 3.33. The molecule has 1 aromatic rings. The molecule has 0 aliphatic carbocycles. The molecule has 0 saturated heterocycles. The van der Waals surface area contributed by atoms with Gasteiger partial charge >= 0.3 is 5.97 Å². The second kappa shape index (κ2) is 4.28. The number of carbonyl (C=O) groups is 1. The Hall–Kier alpha value is -0.300. The van der Waals surface area contributed by atoms with E-state index in [2.05, 4.69) is 0 Å². The highest BCUT2D eigenvalue weighted by Crippen LogP contribution is 2.27. The molecule has 0 fully saturated rings. The Morgan fingerprint density at radius 2 is 2.23 bits per heavy atom. The van der Waals surface area contributed by atoms with Crippen LogP contribution in [0.25, 0.3) is 0 Å². The lowest BCUT2D eigenvalue weighted by molar-refractivity contribution is 0.0690. The summed E-state index contributed by atoms with van der Waals surface area (Å²) in [6.07, 6.45) is 1.82. The third-order valence-electron chi connectivity index (χ3n) is 1.49. The average molecular weight is 312 g/mol. The summed E-state index contributed by atoms with van der Waals surface area (Å²) in [6, 6.07) is 2.76. The molecule has 1 aromatic carbocycles. The summed E-state index contributed by atoms with van der Waals surface area (Å²) in [5.74, 6) is -1.91. The van der Waals surface area contributed by atoms with Gasteiger partial charge in [-0.1, -0.05) is 0 Å². The van der Waals surface area contributed by atoms with Crippen molar-refractivity contribution < 1.29 is 14.3 Å². The number of carboxylic acid groups (broad SMARTS) is 1. The van der Waals surface area contributed by atoms with Crippen LogP contribution < -0.4 is 0 Å². The predicted molar refractivity (Wildman–Crippen MR) is 57.9 cm³/mol. The van der Waals surface area contributed by atoms with Crippen LogP contribution in [-0.2, 0) is 0 Å². The van der Waals surface area contributed by atoms with E-state index in [4.69, 9.17) is 5.11 Å². The molecule has 0 unspecified atom stereocenters. The van der Waals surface area contributed by atoms with Gasteiger partial charge in [0.25, 0.3) is 0 Å². The minimum atomic E-state index is -1.22. The van der Waals surface area contributed by atoms with Gasteiger partial charge in [-0.25, -0.2) is 9.18 Å². The summed E-state index contributed by atoms with van der Waals surface area (Å²) in [6.45, 7) is 0. The molecule has 70 valence electrons. The lowest BCUT2D eigenvalue weighted by Gasteiger charge is -2.04. The predicted octanol–water partition coefficient (Wildman–Crippen LogP) is 2.85. The Kier molecular flexibility index (Phi) is 3.55. The Morgan fingerprint density at radius 1 is 1.62 bits per heavy atom. The molecular formula is C8H6FIO2S. The number of halogens is 2. The first kappa shape index (κ1) is 10.8. The summed E-state index contributed by atoms with van der Waals surface area (Å²) < 4.78 is 13.5. The highest BCUT2D eigenvalue weighted by Gasteiger charge is 2.16. The second-order valence-electron chi connectivity index (χ2n) is 2.24. The fraction of sp³-hybridized carbons (Fsp3) is 0.125. The average Bonchev–Trinajstić information content (AvgIpc) is 2.04. The minimum Gasteiger partial charge on any atom is -0.478 e. The third kappa shape index (κ3) is 2.14. The van der Waals surface area contributed by atoms with Crippen LogP contribution in [0.5, 0.6) is 0 Å².